The number of rotatable bonds is 9. The molecule has 2 aromatic carbocycles. The Hall–Kier alpha value is -3.04. The summed E-state index contributed by atoms with van der Waals surface area (Å²) in [5.74, 6) is -41.7. The van der Waals surface area contributed by atoms with Gasteiger partial charge in [0, 0.05) is 13.1 Å². The molecule has 0 aromatic heterocycles. The molecule has 2 rings (SSSR count). The number of amides is 1. The van der Waals surface area contributed by atoms with Gasteiger partial charge in [0.1, 0.15) is 0 Å². The second kappa shape index (κ2) is 10.4. The normalized spacial score (nSPS) is 13.6. The van der Waals surface area contributed by atoms with Crippen LogP contribution in [0.5, 0.6) is 0 Å². The number of hydrogen-bond acceptors (Lipinski definition) is 1. The van der Waals surface area contributed by atoms with Crippen LogP contribution in [-0.2, 0) is 17.9 Å². The minimum atomic E-state index is -8.07. The molecule has 0 aliphatic heterocycles. The molecule has 1 amide bonds. The van der Waals surface area contributed by atoms with Gasteiger partial charge in [0.05, 0.1) is 0 Å². The Morgan fingerprint density at radius 1 is 0.541 bits per heavy atom. The minimum absolute atomic E-state index is 0. The zero-order chi connectivity index (χ0) is 27.8. The first-order valence-corrected chi connectivity index (χ1v) is 9.55. The van der Waals surface area contributed by atoms with Crippen LogP contribution in [0.1, 0.15) is 11.1 Å². The Labute approximate surface area is 199 Å². The third-order valence-corrected chi connectivity index (χ3v) is 4.92. The van der Waals surface area contributed by atoms with Gasteiger partial charge in [-0.05, 0) is 11.1 Å². The standard InChI is InChI=1S/C21H14F13NO.H2O/c22-16(23,17(24,25)18(26,27)19(28,29)20(30,31)21(32,33)34)15(36)35(11-13-7-3-1-4-8-13)12-14-9-5-2-6-10-14;/h1-10H,11-12H2;1H2. The van der Waals surface area contributed by atoms with Crippen molar-refractivity contribution in [1.29, 1.82) is 0 Å². The molecule has 2 N–H and O–H groups in total. The molecule has 0 saturated heterocycles. The van der Waals surface area contributed by atoms with Gasteiger partial charge in [-0.3, -0.25) is 4.79 Å². The molecule has 0 aliphatic carbocycles. The zero-order valence-electron chi connectivity index (χ0n) is 18.0. The van der Waals surface area contributed by atoms with Crippen molar-refractivity contribution in [1.82, 2.24) is 4.90 Å². The van der Waals surface area contributed by atoms with E-state index in [1.165, 1.54) is 60.7 Å². The first-order chi connectivity index (χ1) is 16.2. The summed E-state index contributed by atoms with van der Waals surface area (Å²) >= 11 is 0. The first-order valence-electron chi connectivity index (χ1n) is 9.55. The Balaban J connectivity index is 0.00000684. The highest BCUT2D eigenvalue weighted by molar-refractivity contribution is 5.85. The third kappa shape index (κ3) is 5.48. The van der Waals surface area contributed by atoms with Gasteiger partial charge in [0.15, 0.2) is 0 Å². The lowest BCUT2D eigenvalue weighted by molar-refractivity contribution is -0.436. The quantitative estimate of drug-likeness (QED) is 0.340. The van der Waals surface area contributed by atoms with Gasteiger partial charge in [-0.2, -0.15) is 57.1 Å². The van der Waals surface area contributed by atoms with Crippen LogP contribution in [0.15, 0.2) is 60.7 Å². The van der Waals surface area contributed by atoms with Crippen molar-refractivity contribution in [2.75, 3.05) is 0 Å². The van der Waals surface area contributed by atoms with E-state index in [1.807, 2.05) is 0 Å². The van der Waals surface area contributed by atoms with Crippen molar-refractivity contribution >= 4 is 5.91 Å². The van der Waals surface area contributed by atoms with E-state index in [1.54, 1.807) is 0 Å². The molecule has 37 heavy (non-hydrogen) atoms. The van der Waals surface area contributed by atoms with E-state index in [0.717, 1.165) is 0 Å². The number of carbonyl (C=O) groups excluding carboxylic acids is 1. The molecule has 0 saturated carbocycles. The smallest absolute Gasteiger partial charge is 0.412 e. The second-order valence-electron chi connectivity index (χ2n) is 7.50. The molecular weight excluding hydrogens is 545 g/mol. The number of carbonyl (C=O) groups is 1. The molecule has 16 heteroatoms. The lowest BCUT2D eigenvalue weighted by atomic mass is 9.93. The summed E-state index contributed by atoms with van der Waals surface area (Å²) in [6.45, 7) is -1.94. The van der Waals surface area contributed by atoms with Crippen LogP contribution in [-0.4, -0.2) is 52.1 Å². The van der Waals surface area contributed by atoms with Gasteiger partial charge in [-0.15, -0.1) is 0 Å². The van der Waals surface area contributed by atoms with Gasteiger partial charge >= 0.3 is 41.7 Å². The van der Waals surface area contributed by atoms with Gasteiger partial charge in [-0.1, -0.05) is 60.7 Å². The molecule has 2 aromatic rings. The van der Waals surface area contributed by atoms with E-state index in [9.17, 15) is 61.9 Å². The zero-order valence-corrected chi connectivity index (χ0v) is 18.0. The van der Waals surface area contributed by atoms with Crippen molar-refractivity contribution in [2.24, 2.45) is 0 Å². The van der Waals surface area contributed by atoms with E-state index < -0.39 is 54.8 Å². The number of benzene rings is 2. The number of nitrogens with zero attached hydrogens (tertiary/aromatic N) is 1. The summed E-state index contributed by atoms with van der Waals surface area (Å²) in [4.78, 5) is 12.2. The summed E-state index contributed by atoms with van der Waals surface area (Å²) in [6.07, 6.45) is -7.53. The highest BCUT2D eigenvalue weighted by Gasteiger charge is 2.91. The molecule has 0 bridgehead atoms. The van der Waals surface area contributed by atoms with Crippen LogP contribution in [0.4, 0.5) is 57.1 Å². The molecule has 0 aliphatic rings. The average Bonchev–Trinajstić information content (AvgIpc) is 2.78. The predicted molar refractivity (Wildman–Crippen MR) is 102 cm³/mol. The fourth-order valence-corrected chi connectivity index (χ4v) is 2.91. The van der Waals surface area contributed by atoms with Crippen LogP contribution in [0.25, 0.3) is 0 Å². The maximum atomic E-state index is 14.5. The monoisotopic (exact) mass is 561 g/mol. The maximum Gasteiger partial charge on any atom is 0.460 e. The third-order valence-electron chi connectivity index (χ3n) is 4.92. The predicted octanol–water partition coefficient (Wildman–Crippen LogP) is 6.13. The summed E-state index contributed by atoms with van der Waals surface area (Å²) in [5, 5.41) is 0. The van der Waals surface area contributed by atoms with E-state index >= 15 is 0 Å². The summed E-state index contributed by atoms with van der Waals surface area (Å²) in [7, 11) is 0. The summed E-state index contributed by atoms with van der Waals surface area (Å²) < 4.78 is 175. The van der Waals surface area contributed by atoms with Gasteiger partial charge < -0.3 is 10.4 Å². The molecule has 208 valence electrons. The van der Waals surface area contributed by atoms with Gasteiger partial charge in [0.25, 0.3) is 0 Å². The molecule has 0 heterocycles. The number of alkyl halides is 13. The highest BCUT2D eigenvalue weighted by Crippen LogP contribution is 2.60. The van der Waals surface area contributed by atoms with Crippen LogP contribution >= 0.6 is 0 Å². The average molecular weight is 561 g/mol. The second-order valence-corrected chi connectivity index (χ2v) is 7.50. The highest BCUT2D eigenvalue weighted by atomic mass is 19.4. The summed E-state index contributed by atoms with van der Waals surface area (Å²) in [6, 6.07) is 12.8. The molecule has 0 fully saturated rings. The van der Waals surface area contributed by atoms with E-state index in [2.05, 4.69) is 0 Å². The van der Waals surface area contributed by atoms with E-state index in [4.69, 9.17) is 0 Å². The van der Waals surface area contributed by atoms with Crippen molar-refractivity contribution < 1.29 is 67.3 Å². The Morgan fingerprint density at radius 2 is 0.865 bits per heavy atom. The molecule has 3 nitrogen and oxygen atoms in total. The first kappa shape index (κ1) is 32.0. The van der Waals surface area contributed by atoms with Crippen LogP contribution < -0.4 is 0 Å². The fourth-order valence-electron chi connectivity index (χ4n) is 2.91. The summed E-state index contributed by atoms with van der Waals surface area (Å²) in [5.41, 5.74) is -0.0526. The fraction of sp³-hybridized carbons (Fsp3) is 0.381. The van der Waals surface area contributed by atoms with Crippen molar-refractivity contribution in [3.63, 3.8) is 0 Å². The lowest BCUT2D eigenvalue weighted by Gasteiger charge is -2.40. The van der Waals surface area contributed by atoms with Crippen LogP contribution in [0.2, 0.25) is 0 Å². The van der Waals surface area contributed by atoms with E-state index in [0.29, 0.717) is 0 Å². The molecular formula is C21H16F13NO2. The van der Waals surface area contributed by atoms with Gasteiger partial charge in [-0.25, -0.2) is 0 Å². The number of halogens is 13. The van der Waals surface area contributed by atoms with Gasteiger partial charge in [0.2, 0.25) is 0 Å². The minimum Gasteiger partial charge on any atom is -0.412 e. The van der Waals surface area contributed by atoms with Crippen molar-refractivity contribution in [3.8, 4) is 0 Å². The van der Waals surface area contributed by atoms with Crippen molar-refractivity contribution in [2.45, 2.75) is 48.9 Å². The number of hydrogen-bond donors (Lipinski definition) is 0. The van der Waals surface area contributed by atoms with Crippen LogP contribution in [0, 0.1) is 0 Å². The Kier molecular flexibility index (Phi) is 8.97. The Morgan fingerprint density at radius 3 is 1.19 bits per heavy atom. The topological polar surface area (TPSA) is 51.8 Å². The largest absolute Gasteiger partial charge is 0.460 e. The lowest BCUT2D eigenvalue weighted by Crippen LogP contribution is -2.72. The molecule has 0 unspecified atom stereocenters. The molecule has 0 radical (unpaired) electrons. The van der Waals surface area contributed by atoms with Crippen molar-refractivity contribution in [3.05, 3.63) is 71.8 Å². The SMILES string of the molecule is O.O=C(N(Cc1ccccc1)Cc1ccccc1)C(F)(F)C(F)(F)C(F)(F)C(F)(F)C(F)(F)C(F)(F)F. The maximum absolute atomic E-state index is 14.5. The van der Waals surface area contributed by atoms with E-state index in [-0.39, 0.29) is 21.5 Å². The molecule has 0 spiro atoms. The Bertz CT molecular complexity index is 1000. The van der Waals surface area contributed by atoms with Crippen LogP contribution in [0.3, 0.4) is 0 Å². The molecule has 0 atom stereocenters.